The van der Waals surface area contributed by atoms with E-state index in [1.54, 1.807) is 0 Å². The van der Waals surface area contributed by atoms with Gasteiger partial charge >= 0.3 is 6.18 Å². The molecule has 16 heavy (non-hydrogen) atoms. The second-order valence-corrected chi connectivity index (χ2v) is 4.27. The average molecular weight is 253 g/mol. The van der Waals surface area contributed by atoms with E-state index >= 15 is 0 Å². The van der Waals surface area contributed by atoms with Gasteiger partial charge in [-0.25, -0.2) is 0 Å². The van der Waals surface area contributed by atoms with Crippen molar-refractivity contribution in [3.63, 3.8) is 0 Å². The van der Waals surface area contributed by atoms with Gasteiger partial charge in [-0.3, -0.25) is 0 Å². The van der Waals surface area contributed by atoms with Crippen molar-refractivity contribution in [1.82, 2.24) is 0 Å². The number of aromatic carboxylic acids is 1. The highest BCUT2D eigenvalue weighted by atomic mass is 32.1. The van der Waals surface area contributed by atoms with E-state index in [0.717, 1.165) is 11.3 Å². The summed E-state index contributed by atoms with van der Waals surface area (Å²) < 4.78 is 35.6. The Labute approximate surface area is 93.1 Å². The molecule has 0 aromatic carbocycles. The number of thiophene rings is 1. The van der Waals surface area contributed by atoms with Crippen molar-refractivity contribution in [3.8, 4) is 0 Å². The minimum Gasteiger partial charge on any atom is -0.544 e. The second-order valence-electron chi connectivity index (χ2n) is 3.16. The number of rotatable bonds is 4. The summed E-state index contributed by atoms with van der Waals surface area (Å²) in [5.41, 5.74) is 0. The van der Waals surface area contributed by atoms with Crippen LogP contribution in [0.5, 0.6) is 0 Å². The Bertz CT molecular complexity index is 372. The predicted octanol–water partition coefficient (Wildman–Crippen LogP) is 1.49. The molecule has 90 valence electrons. The zero-order valence-electron chi connectivity index (χ0n) is 7.95. The standard InChI is InChI=1S/C9H9F3O3S/c10-9(11,12)4-3-5(13)6-1-2-7(16-6)8(14)15/h1-2,5,13H,3-4H2,(H,14,15)/p-1. The first-order valence-electron chi connectivity index (χ1n) is 4.35. The molecule has 7 heteroatoms. The van der Waals surface area contributed by atoms with E-state index in [9.17, 15) is 28.2 Å². The first kappa shape index (κ1) is 13.0. The van der Waals surface area contributed by atoms with Gasteiger partial charge < -0.3 is 15.0 Å². The number of halogens is 3. The summed E-state index contributed by atoms with van der Waals surface area (Å²) in [5.74, 6) is -1.40. The molecule has 1 rings (SSSR count). The molecule has 1 atom stereocenters. The Hall–Kier alpha value is -1.08. The Morgan fingerprint density at radius 1 is 1.50 bits per heavy atom. The van der Waals surface area contributed by atoms with Crippen LogP contribution in [0.3, 0.4) is 0 Å². The number of carboxylic acid groups (broad SMARTS) is 1. The molecule has 1 unspecified atom stereocenters. The Morgan fingerprint density at radius 3 is 2.56 bits per heavy atom. The van der Waals surface area contributed by atoms with Gasteiger partial charge in [-0.15, -0.1) is 11.3 Å². The quantitative estimate of drug-likeness (QED) is 0.884. The molecule has 0 fully saturated rings. The van der Waals surface area contributed by atoms with Crippen molar-refractivity contribution in [1.29, 1.82) is 0 Å². The van der Waals surface area contributed by atoms with Gasteiger partial charge in [-0.2, -0.15) is 13.2 Å². The van der Waals surface area contributed by atoms with Gasteiger partial charge in [0.05, 0.1) is 17.0 Å². The van der Waals surface area contributed by atoms with Crippen LogP contribution >= 0.6 is 11.3 Å². The van der Waals surface area contributed by atoms with Crippen molar-refractivity contribution in [2.75, 3.05) is 0 Å². The zero-order valence-corrected chi connectivity index (χ0v) is 8.77. The van der Waals surface area contributed by atoms with E-state index in [-0.39, 0.29) is 9.75 Å². The van der Waals surface area contributed by atoms with Crippen molar-refractivity contribution < 1.29 is 28.2 Å². The van der Waals surface area contributed by atoms with Crippen molar-refractivity contribution >= 4 is 17.3 Å². The van der Waals surface area contributed by atoms with Gasteiger partial charge in [0.1, 0.15) is 0 Å². The zero-order chi connectivity index (χ0) is 12.3. The van der Waals surface area contributed by atoms with E-state index in [1.807, 2.05) is 0 Å². The van der Waals surface area contributed by atoms with E-state index in [1.165, 1.54) is 12.1 Å². The molecule has 1 aromatic heterocycles. The summed E-state index contributed by atoms with van der Waals surface area (Å²) in [7, 11) is 0. The fourth-order valence-corrected chi connectivity index (χ4v) is 1.95. The summed E-state index contributed by atoms with van der Waals surface area (Å²) in [5, 5.41) is 19.8. The highest BCUT2D eigenvalue weighted by Gasteiger charge is 2.28. The molecular weight excluding hydrogens is 245 g/mol. The lowest BCUT2D eigenvalue weighted by Crippen LogP contribution is -2.20. The van der Waals surface area contributed by atoms with Gasteiger partial charge in [0.2, 0.25) is 0 Å². The summed E-state index contributed by atoms with van der Waals surface area (Å²) in [6.45, 7) is 0. The average Bonchev–Trinajstić information content (AvgIpc) is 2.61. The highest BCUT2D eigenvalue weighted by Crippen LogP contribution is 2.30. The minimum absolute atomic E-state index is 0.110. The fourth-order valence-electron chi connectivity index (χ4n) is 1.08. The number of hydrogen-bond donors (Lipinski definition) is 1. The largest absolute Gasteiger partial charge is 0.544 e. The third-order valence-corrected chi connectivity index (χ3v) is 3.02. The monoisotopic (exact) mass is 253 g/mol. The van der Waals surface area contributed by atoms with Crippen molar-refractivity contribution in [3.05, 3.63) is 21.9 Å². The Morgan fingerprint density at radius 2 is 2.12 bits per heavy atom. The number of carboxylic acids is 1. The topological polar surface area (TPSA) is 60.4 Å². The lowest BCUT2D eigenvalue weighted by atomic mass is 10.1. The van der Waals surface area contributed by atoms with E-state index in [0.29, 0.717) is 0 Å². The van der Waals surface area contributed by atoms with Gasteiger partial charge in [-0.1, -0.05) is 0 Å². The molecule has 0 bridgehead atoms. The molecule has 0 aliphatic carbocycles. The molecule has 3 nitrogen and oxygen atoms in total. The normalized spacial score (nSPS) is 13.8. The van der Waals surface area contributed by atoms with E-state index in [2.05, 4.69) is 0 Å². The summed E-state index contributed by atoms with van der Waals surface area (Å²) in [6.07, 6.45) is -7.20. The van der Waals surface area contributed by atoms with E-state index in [4.69, 9.17) is 0 Å². The van der Waals surface area contributed by atoms with Crippen LogP contribution < -0.4 is 5.11 Å². The molecule has 0 saturated heterocycles. The van der Waals surface area contributed by atoms with Crippen molar-refractivity contribution in [2.24, 2.45) is 0 Å². The van der Waals surface area contributed by atoms with Gasteiger partial charge in [0.25, 0.3) is 0 Å². The number of aliphatic hydroxyl groups is 1. The van der Waals surface area contributed by atoms with Crippen LogP contribution in [0.1, 0.15) is 33.5 Å². The van der Waals surface area contributed by atoms with Crippen LogP contribution in [-0.4, -0.2) is 17.3 Å². The Kier molecular flexibility index (Phi) is 3.93. The molecule has 1 aromatic rings. The SMILES string of the molecule is O=C([O-])c1ccc(C(O)CCC(F)(F)F)s1. The smallest absolute Gasteiger partial charge is 0.389 e. The molecule has 1 heterocycles. The van der Waals surface area contributed by atoms with Crippen molar-refractivity contribution in [2.45, 2.75) is 25.1 Å². The molecule has 1 N–H and O–H groups in total. The highest BCUT2D eigenvalue weighted by molar-refractivity contribution is 7.13. The van der Waals surface area contributed by atoms with Crippen LogP contribution in [0.2, 0.25) is 0 Å². The number of aliphatic hydroxyl groups excluding tert-OH is 1. The molecule has 0 saturated carbocycles. The maximum atomic E-state index is 11.9. The lowest BCUT2D eigenvalue weighted by Gasteiger charge is -2.10. The van der Waals surface area contributed by atoms with Crippen LogP contribution in [0.15, 0.2) is 12.1 Å². The molecule has 0 aliphatic heterocycles. The first-order chi connectivity index (χ1) is 7.29. The van der Waals surface area contributed by atoms with Crippen LogP contribution in [-0.2, 0) is 0 Å². The molecular formula is C9H8F3O3S-. The minimum atomic E-state index is -4.32. The maximum absolute atomic E-state index is 11.9. The summed E-state index contributed by atoms with van der Waals surface area (Å²) in [4.78, 5) is 10.5. The third-order valence-electron chi connectivity index (χ3n) is 1.86. The fraction of sp³-hybridized carbons (Fsp3) is 0.444. The lowest BCUT2D eigenvalue weighted by molar-refractivity contribution is -0.254. The number of carbonyl (C=O) groups excluding carboxylic acids is 1. The molecule has 0 spiro atoms. The van der Waals surface area contributed by atoms with Gasteiger partial charge in [0, 0.05) is 11.3 Å². The molecule has 0 aliphatic rings. The summed E-state index contributed by atoms with van der Waals surface area (Å²) in [6, 6.07) is 2.49. The van der Waals surface area contributed by atoms with Crippen LogP contribution in [0.25, 0.3) is 0 Å². The number of hydrogen-bond acceptors (Lipinski definition) is 4. The molecule has 0 amide bonds. The van der Waals surface area contributed by atoms with Crippen LogP contribution in [0, 0.1) is 0 Å². The third kappa shape index (κ3) is 3.82. The Balaban J connectivity index is 2.59. The van der Waals surface area contributed by atoms with Gasteiger partial charge in [-0.05, 0) is 18.6 Å². The predicted molar refractivity (Wildman–Crippen MR) is 48.9 cm³/mol. The van der Waals surface area contributed by atoms with E-state index < -0.39 is 31.1 Å². The number of carbonyl (C=O) groups is 1. The number of alkyl halides is 3. The second kappa shape index (κ2) is 4.84. The van der Waals surface area contributed by atoms with Crippen LogP contribution in [0.4, 0.5) is 13.2 Å². The summed E-state index contributed by atoms with van der Waals surface area (Å²) >= 11 is 0.720. The maximum Gasteiger partial charge on any atom is 0.389 e. The molecule has 0 radical (unpaired) electrons. The first-order valence-corrected chi connectivity index (χ1v) is 5.17. The van der Waals surface area contributed by atoms with Gasteiger partial charge in [0.15, 0.2) is 0 Å².